The van der Waals surface area contributed by atoms with Gasteiger partial charge in [0.05, 0.1) is 23.1 Å². The molecular weight excluding hydrogens is 390 g/mol. The van der Waals surface area contributed by atoms with E-state index in [0.717, 1.165) is 35.5 Å². The van der Waals surface area contributed by atoms with Crippen molar-refractivity contribution in [2.24, 2.45) is 0 Å². The van der Waals surface area contributed by atoms with E-state index in [1.807, 2.05) is 31.2 Å². The van der Waals surface area contributed by atoms with E-state index < -0.39 is 17.5 Å². The number of para-hydroxylation sites is 2. The Morgan fingerprint density at radius 3 is 2.67 bits per heavy atom. The second kappa shape index (κ2) is 9.47. The van der Waals surface area contributed by atoms with Crippen LogP contribution in [0.15, 0.2) is 42.5 Å². The van der Waals surface area contributed by atoms with Crippen LogP contribution < -0.4 is 5.32 Å². The first kappa shape index (κ1) is 21.4. The van der Waals surface area contributed by atoms with Gasteiger partial charge in [-0.1, -0.05) is 12.1 Å². The highest BCUT2D eigenvalue weighted by atomic mass is 19.1. The van der Waals surface area contributed by atoms with Gasteiger partial charge < -0.3 is 14.8 Å². The van der Waals surface area contributed by atoms with Crippen molar-refractivity contribution in [3.05, 3.63) is 65.5 Å². The fourth-order valence-electron chi connectivity index (χ4n) is 3.30. The molecule has 0 fully saturated rings. The van der Waals surface area contributed by atoms with Crippen LogP contribution in [0.25, 0.3) is 11.0 Å². The molecule has 158 valence electrons. The maximum atomic E-state index is 13.6. The minimum atomic E-state index is -0.915. The summed E-state index contributed by atoms with van der Waals surface area (Å²) in [6.07, 6.45) is 0.636. The molecule has 2 aromatic carbocycles. The molecule has 3 rings (SSSR count). The van der Waals surface area contributed by atoms with E-state index in [1.165, 1.54) is 0 Å². The van der Waals surface area contributed by atoms with E-state index in [2.05, 4.69) is 14.9 Å². The number of hydrogen-bond acceptors (Lipinski definition) is 3. The van der Waals surface area contributed by atoms with Crippen molar-refractivity contribution in [2.45, 2.75) is 32.9 Å². The predicted molar refractivity (Wildman–Crippen MR) is 110 cm³/mol. The van der Waals surface area contributed by atoms with Crippen molar-refractivity contribution >= 4 is 22.8 Å². The molecule has 6 nitrogen and oxygen atoms in total. The first-order valence-corrected chi connectivity index (χ1v) is 9.82. The molecule has 1 N–H and O–H groups in total. The standard InChI is InChI=1S/C22H24F2N4O2/c1-3-28-19-8-5-4-7-18(19)26-20(28)14-27(2)21(29)9-6-12-25-22(30)16-11-10-15(23)13-17(16)24/h4-5,7-8,10-11,13H,3,6,9,12,14H2,1-2H3,(H,25,30). The Balaban J connectivity index is 1.50. The second-order valence-corrected chi connectivity index (χ2v) is 6.99. The third-order valence-corrected chi connectivity index (χ3v) is 4.88. The zero-order valence-electron chi connectivity index (χ0n) is 17.0. The Kier molecular flexibility index (Phi) is 6.76. The lowest BCUT2D eigenvalue weighted by Crippen LogP contribution is -2.30. The molecule has 2 amide bonds. The quantitative estimate of drug-likeness (QED) is 0.574. The summed E-state index contributed by atoms with van der Waals surface area (Å²) in [6.45, 7) is 3.38. The molecule has 0 bridgehead atoms. The molecule has 1 heterocycles. The van der Waals surface area contributed by atoms with E-state index >= 15 is 0 Å². The summed E-state index contributed by atoms with van der Waals surface area (Å²) in [5.74, 6) is -1.55. The first-order valence-electron chi connectivity index (χ1n) is 9.82. The van der Waals surface area contributed by atoms with Gasteiger partial charge in [-0.25, -0.2) is 13.8 Å². The third kappa shape index (κ3) is 4.82. The van der Waals surface area contributed by atoms with Crippen LogP contribution in [0.5, 0.6) is 0 Å². The number of carbonyl (C=O) groups is 2. The van der Waals surface area contributed by atoms with Crippen molar-refractivity contribution in [3.63, 3.8) is 0 Å². The van der Waals surface area contributed by atoms with Crippen LogP contribution in [0.4, 0.5) is 8.78 Å². The van der Waals surface area contributed by atoms with Gasteiger partial charge in [-0.05, 0) is 37.6 Å². The van der Waals surface area contributed by atoms with Crippen LogP contribution in [-0.2, 0) is 17.9 Å². The van der Waals surface area contributed by atoms with Gasteiger partial charge in [0, 0.05) is 32.6 Å². The number of aromatic nitrogens is 2. The number of hydrogen-bond donors (Lipinski definition) is 1. The maximum Gasteiger partial charge on any atom is 0.254 e. The lowest BCUT2D eigenvalue weighted by atomic mass is 10.2. The molecule has 30 heavy (non-hydrogen) atoms. The number of nitrogens with one attached hydrogen (secondary N) is 1. The number of amides is 2. The van der Waals surface area contributed by atoms with Gasteiger partial charge in [-0.15, -0.1) is 0 Å². The Labute approximate surface area is 173 Å². The van der Waals surface area contributed by atoms with Gasteiger partial charge in [0.15, 0.2) is 0 Å². The van der Waals surface area contributed by atoms with E-state index in [4.69, 9.17) is 0 Å². The van der Waals surface area contributed by atoms with Gasteiger partial charge in [-0.3, -0.25) is 9.59 Å². The van der Waals surface area contributed by atoms with Crippen LogP contribution in [0.3, 0.4) is 0 Å². The summed E-state index contributed by atoms with van der Waals surface area (Å²) in [6, 6.07) is 10.6. The van der Waals surface area contributed by atoms with Crippen LogP contribution in [0, 0.1) is 11.6 Å². The molecule has 0 atom stereocenters. The number of halogens is 2. The molecule has 8 heteroatoms. The summed E-state index contributed by atoms with van der Waals surface area (Å²) in [5, 5.41) is 2.55. The molecule has 0 unspecified atom stereocenters. The Hall–Kier alpha value is -3.29. The number of benzene rings is 2. The van der Waals surface area contributed by atoms with Crippen molar-refractivity contribution in [1.82, 2.24) is 19.8 Å². The van der Waals surface area contributed by atoms with Crippen molar-refractivity contribution < 1.29 is 18.4 Å². The minimum absolute atomic E-state index is 0.0769. The molecule has 0 radical (unpaired) electrons. The number of carbonyl (C=O) groups excluding carboxylic acids is 2. The third-order valence-electron chi connectivity index (χ3n) is 4.88. The summed E-state index contributed by atoms with van der Waals surface area (Å²) < 4.78 is 28.6. The minimum Gasteiger partial charge on any atom is -0.352 e. The van der Waals surface area contributed by atoms with Gasteiger partial charge in [-0.2, -0.15) is 0 Å². The number of rotatable bonds is 8. The highest BCUT2D eigenvalue weighted by molar-refractivity contribution is 5.94. The monoisotopic (exact) mass is 414 g/mol. The van der Waals surface area contributed by atoms with Crippen LogP contribution in [-0.4, -0.2) is 39.9 Å². The topological polar surface area (TPSA) is 67.2 Å². The van der Waals surface area contributed by atoms with Crippen molar-refractivity contribution in [1.29, 1.82) is 0 Å². The highest BCUT2D eigenvalue weighted by Crippen LogP contribution is 2.17. The van der Waals surface area contributed by atoms with E-state index in [9.17, 15) is 18.4 Å². The summed E-state index contributed by atoms with van der Waals surface area (Å²) in [7, 11) is 1.72. The highest BCUT2D eigenvalue weighted by Gasteiger charge is 2.16. The fourth-order valence-corrected chi connectivity index (χ4v) is 3.30. The molecule has 0 aliphatic heterocycles. The fraction of sp³-hybridized carbons (Fsp3) is 0.318. The van der Waals surface area contributed by atoms with E-state index in [-0.39, 0.29) is 24.4 Å². The Morgan fingerprint density at radius 2 is 1.93 bits per heavy atom. The number of aryl methyl sites for hydroxylation is 1. The number of fused-ring (bicyclic) bond motifs is 1. The lowest BCUT2D eigenvalue weighted by Gasteiger charge is -2.17. The molecule has 0 spiro atoms. The normalized spacial score (nSPS) is 10.9. The van der Waals surface area contributed by atoms with Crippen molar-refractivity contribution in [3.8, 4) is 0 Å². The van der Waals surface area contributed by atoms with Gasteiger partial charge in [0.2, 0.25) is 5.91 Å². The average molecular weight is 414 g/mol. The van der Waals surface area contributed by atoms with Crippen LogP contribution in [0.1, 0.15) is 35.9 Å². The lowest BCUT2D eigenvalue weighted by molar-refractivity contribution is -0.130. The van der Waals surface area contributed by atoms with Crippen LogP contribution in [0.2, 0.25) is 0 Å². The molecule has 0 saturated carbocycles. The predicted octanol–water partition coefficient (Wildman–Crippen LogP) is 3.50. The summed E-state index contributed by atoms with van der Waals surface area (Å²) >= 11 is 0. The molecule has 0 aliphatic rings. The first-order chi connectivity index (χ1) is 14.4. The average Bonchev–Trinajstić information content (AvgIpc) is 3.07. The maximum absolute atomic E-state index is 13.6. The van der Waals surface area contributed by atoms with E-state index in [1.54, 1.807) is 11.9 Å². The van der Waals surface area contributed by atoms with Gasteiger partial charge in [0.25, 0.3) is 5.91 Å². The molecule has 3 aromatic rings. The van der Waals surface area contributed by atoms with Gasteiger partial charge in [0.1, 0.15) is 17.5 Å². The summed E-state index contributed by atoms with van der Waals surface area (Å²) in [5.41, 5.74) is 1.70. The second-order valence-electron chi connectivity index (χ2n) is 6.99. The molecule has 0 saturated heterocycles. The zero-order valence-corrected chi connectivity index (χ0v) is 17.0. The van der Waals surface area contributed by atoms with Crippen LogP contribution >= 0.6 is 0 Å². The van der Waals surface area contributed by atoms with Crippen molar-refractivity contribution in [2.75, 3.05) is 13.6 Å². The van der Waals surface area contributed by atoms with E-state index in [0.29, 0.717) is 19.0 Å². The SMILES string of the molecule is CCn1c(CN(C)C(=O)CCCNC(=O)c2ccc(F)cc2F)nc2ccccc21. The smallest absolute Gasteiger partial charge is 0.254 e. The molecule has 1 aromatic heterocycles. The Morgan fingerprint density at radius 1 is 1.17 bits per heavy atom. The largest absolute Gasteiger partial charge is 0.352 e. The Bertz CT molecular complexity index is 1060. The summed E-state index contributed by atoms with van der Waals surface area (Å²) in [4.78, 5) is 30.6. The number of nitrogens with zero attached hydrogens (tertiary/aromatic N) is 3. The number of imidazole rings is 1. The molecular formula is C22H24F2N4O2. The molecule has 0 aliphatic carbocycles. The zero-order chi connectivity index (χ0) is 21.7. The van der Waals surface area contributed by atoms with Gasteiger partial charge >= 0.3 is 0 Å².